The van der Waals surface area contributed by atoms with E-state index in [1.165, 1.54) is 14.0 Å². The average Bonchev–Trinajstić information content (AvgIpc) is 2.80. The maximum Gasteiger partial charge on any atom is 0.408 e. The molecule has 1 rings (SSSR count). The highest BCUT2D eigenvalue weighted by Crippen LogP contribution is 2.06. The van der Waals surface area contributed by atoms with Crippen molar-refractivity contribution in [1.29, 1.82) is 0 Å². The Kier molecular flexibility index (Phi) is 15.6. The fourth-order valence-electron chi connectivity index (χ4n) is 2.43. The standard InChI is InChI=1S/C16H21NO5.C9H16O3/c1-11(2)14(18)9-13(15(19)21-3)17-16(20)22-10-12-7-5-4-6-8-12;1-7(2)9(11)5-4-6-12-8(3)10/h4-8,11,13H,9-10H2,1-3H3,(H,17,20);7H,4-6H2,1-3H3. The van der Waals surface area contributed by atoms with Crippen molar-refractivity contribution in [2.75, 3.05) is 13.7 Å². The van der Waals surface area contributed by atoms with Crippen LogP contribution in [0.2, 0.25) is 0 Å². The number of methoxy groups -OCH3 is 1. The lowest BCUT2D eigenvalue weighted by Gasteiger charge is -2.16. The minimum absolute atomic E-state index is 0.0820. The van der Waals surface area contributed by atoms with Gasteiger partial charge in [-0.25, -0.2) is 9.59 Å². The van der Waals surface area contributed by atoms with Gasteiger partial charge in [-0.05, 0) is 12.0 Å². The zero-order valence-electron chi connectivity index (χ0n) is 20.9. The smallest absolute Gasteiger partial charge is 0.408 e. The molecule has 0 bridgehead atoms. The number of nitrogens with one attached hydrogen (secondary N) is 1. The molecule has 190 valence electrons. The summed E-state index contributed by atoms with van der Waals surface area (Å²) in [5, 5.41) is 2.37. The lowest BCUT2D eigenvalue weighted by atomic mass is 10.0. The third kappa shape index (κ3) is 14.8. The number of carbonyl (C=O) groups excluding carboxylic acids is 5. The number of rotatable bonds is 12. The highest BCUT2D eigenvalue weighted by atomic mass is 16.6. The van der Waals surface area contributed by atoms with Gasteiger partial charge in [0.25, 0.3) is 0 Å². The molecular weight excluding hydrogens is 442 g/mol. The first-order chi connectivity index (χ1) is 16.0. The summed E-state index contributed by atoms with van der Waals surface area (Å²) in [7, 11) is 1.20. The molecule has 1 amide bonds. The van der Waals surface area contributed by atoms with Crippen LogP contribution in [0.4, 0.5) is 4.79 Å². The number of alkyl carbamates (subject to hydrolysis) is 1. The van der Waals surface area contributed by atoms with Crippen LogP contribution in [0.5, 0.6) is 0 Å². The van der Waals surface area contributed by atoms with Gasteiger partial charge in [-0.1, -0.05) is 58.0 Å². The van der Waals surface area contributed by atoms with Gasteiger partial charge in [0.15, 0.2) is 0 Å². The van der Waals surface area contributed by atoms with Gasteiger partial charge < -0.3 is 19.5 Å². The van der Waals surface area contributed by atoms with Gasteiger partial charge in [-0.2, -0.15) is 0 Å². The first kappa shape index (κ1) is 30.8. The van der Waals surface area contributed by atoms with Crippen LogP contribution in [-0.4, -0.2) is 49.4 Å². The Balaban J connectivity index is 0.000000770. The number of amides is 1. The van der Waals surface area contributed by atoms with Crippen molar-refractivity contribution in [3.05, 3.63) is 35.9 Å². The van der Waals surface area contributed by atoms with Crippen molar-refractivity contribution in [2.45, 2.75) is 66.5 Å². The first-order valence-electron chi connectivity index (χ1n) is 11.2. The third-order valence-electron chi connectivity index (χ3n) is 4.56. The molecule has 0 fully saturated rings. The molecule has 9 nitrogen and oxygen atoms in total. The highest BCUT2D eigenvalue weighted by molar-refractivity contribution is 5.89. The molecule has 0 spiro atoms. The summed E-state index contributed by atoms with van der Waals surface area (Å²) in [6.45, 7) is 8.99. The normalized spacial score (nSPS) is 11.1. The summed E-state index contributed by atoms with van der Waals surface area (Å²) < 4.78 is 14.3. The van der Waals surface area contributed by atoms with Crippen LogP contribution < -0.4 is 5.32 Å². The minimum atomic E-state index is -1.04. The van der Waals surface area contributed by atoms with E-state index >= 15 is 0 Å². The van der Waals surface area contributed by atoms with Crippen molar-refractivity contribution >= 4 is 29.6 Å². The molecule has 0 heterocycles. The molecule has 1 atom stereocenters. The summed E-state index contributed by atoms with van der Waals surface area (Å²) in [5.41, 5.74) is 0.825. The van der Waals surface area contributed by atoms with E-state index in [1.54, 1.807) is 13.8 Å². The Hall–Kier alpha value is -3.23. The lowest BCUT2D eigenvalue weighted by molar-refractivity contribution is -0.144. The zero-order chi connectivity index (χ0) is 26.1. The molecule has 0 aliphatic carbocycles. The van der Waals surface area contributed by atoms with Crippen molar-refractivity contribution in [1.82, 2.24) is 5.32 Å². The number of hydrogen-bond donors (Lipinski definition) is 1. The summed E-state index contributed by atoms with van der Waals surface area (Å²) >= 11 is 0. The zero-order valence-corrected chi connectivity index (χ0v) is 20.9. The average molecular weight is 480 g/mol. The first-order valence-corrected chi connectivity index (χ1v) is 11.2. The molecule has 0 aromatic heterocycles. The van der Waals surface area contributed by atoms with Gasteiger partial charge in [0.2, 0.25) is 0 Å². The van der Waals surface area contributed by atoms with E-state index in [0.29, 0.717) is 19.4 Å². The second-order valence-corrected chi connectivity index (χ2v) is 8.17. The van der Waals surface area contributed by atoms with Gasteiger partial charge in [0, 0.05) is 31.6 Å². The van der Waals surface area contributed by atoms with Crippen LogP contribution in [0, 0.1) is 11.8 Å². The summed E-state index contributed by atoms with van der Waals surface area (Å²) in [4.78, 5) is 56.5. The van der Waals surface area contributed by atoms with Crippen molar-refractivity contribution in [3.8, 4) is 0 Å². The second-order valence-electron chi connectivity index (χ2n) is 8.17. The van der Waals surface area contributed by atoms with Crippen molar-refractivity contribution < 1.29 is 38.2 Å². The Bertz CT molecular complexity index is 789. The largest absolute Gasteiger partial charge is 0.467 e. The molecule has 34 heavy (non-hydrogen) atoms. The van der Waals surface area contributed by atoms with E-state index in [-0.39, 0.29) is 42.4 Å². The summed E-state index contributed by atoms with van der Waals surface area (Å²) in [6, 6.07) is 8.10. The monoisotopic (exact) mass is 479 g/mol. The summed E-state index contributed by atoms with van der Waals surface area (Å²) in [5.74, 6) is -1.02. The molecule has 1 aromatic carbocycles. The van der Waals surface area contributed by atoms with Gasteiger partial charge in [-0.15, -0.1) is 0 Å². The van der Waals surface area contributed by atoms with E-state index in [1.807, 2.05) is 44.2 Å². The lowest BCUT2D eigenvalue weighted by Crippen LogP contribution is -2.43. The van der Waals surface area contributed by atoms with E-state index < -0.39 is 18.1 Å². The molecule has 1 unspecified atom stereocenters. The number of esters is 2. The molecule has 0 aliphatic heterocycles. The summed E-state index contributed by atoms with van der Waals surface area (Å²) in [6.07, 6.45) is 0.252. The van der Waals surface area contributed by atoms with E-state index in [0.717, 1.165) is 5.56 Å². The minimum Gasteiger partial charge on any atom is -0.467 e. The van der Waals surface area contributed by atoms with Crippen molar-refractivity contribution in [2.24, 2.45) is 11.8 Å². The quantitative estimate of drug-likeness (QED) is 0.274. The maximum absolute atomic E-state index is 11.7. The molecule has 9 heteroatoms. The van der Waals surface area contributed by atoms with Gasteiger partial charge >= 0.3 is 18.0 Å². The molecule has 1 aromatic rings. The number of carbonyl (C=O) groups is 5. The number of benzene rings is 1. The van der Waals surface area contributed by atoms with E-state index in [9.17, 15) is 24.0 Å². The van der Waals surface area contributed by atoms with Gasteiger partial charge in [0.1, 0.15) is 24.2 Å². The van der Waals surface area contributed by atoms with Crippen LogP contribution in [0.15, 0.2) is 30.3 Å². The molecular formula is C25H37NO8. The SMILES string of the molecule is CC(=O)OCCCC(=O)C(C)C.COC(=O)C(CC(=O)C(C)C)NC(=O)OCc1ccccc1. The molecule has 1 N–H and O–H groups in total. The Morgan fingerprint density at radius 2 is 1.47 bits per heavy atom. The van der Waals surface area contributed by atoms with E-state index in [4.69, 9.17) is 4.74 Å². The third-order valence-corrected chi connectivity index (χ3v) is 4.56. The number of hydrogen-bond acceptors (Lipinski definition) is 8. The predicted octanol–water partition coefficient (Wildman–Crippen LogP) is 3.62. The van der Waals surface area contributed by atoms with Crippen LogP contribution >= 0.6 is 0 Å². The molecule has 0 saturated heterocycles. The maximum atomic E-state index is 11.7. The number of ketones is 2. The Morgan fingerprint density at radius 3 is 1.97 bits per heavy atom. The van der Waals surface area contributed by atoms with Gasteiger partial charge in [-0.3, -0.25) is 14.4 Å². The predicted molar refractivity (Wildman–Crippen MR) is 126 cm³/mol. The highest BCUT2D eigenvalue weighted by Gasteiger charge is 2.26. The fraction of sp³-hybridized carbons (Fsp3) is 0.560. The second kappa shape index (κ2) is 17.3. The number of ether oxygens (including phenoxy) is 3. The van der Waals surface area contributed by atoms with Gasteiger partial charge in [0.05, 0.1) is 13.7 Å². The van der Waals surface area contributed by atoms with Crippen LogP contribution in [0.1, 0.15) is 59.4 Å². The van der Waals surface area contributed by atoms with Crippen LogP contribution in [0.3, 0.4) is 0 Å². The fourth-order valence-corrected chi connectivity index (χ4v) is 2.43. The molecule has 0 aliphatic rings. The van der Waals surface area contributed by atoms with E-state index in [2.05, 4.69) is 14.8 Å². The Morgan fingerprint density at radius 1 is 0.882 bits per heavy atom. The van der Waals surface area contributed by atoms with Crippen molar-refractivity contribution in [3.63, 3.8) is 0 Å². The number of Topliss-reactive ketones (excluding diaryl/α,β-unsaturated/α-hetero) is 2. The topological polar surface area (TPSA) is 125 Å². The van der Waals surface area contributed by atoms with Crippen LogP contribution in [-0.2, 0) is 40.0 Å². The molecule has 0 radical (unpaired) electrons. The van der Waals surface area contributed by atoms with Crippen LogP contribution in [0.25, 0.3) is 0 Å². The Labute approximate surface area is 201 Å². The molecule has 0 saturated carbocycles.